The van der Waals surface area contributed by atoms with Crippen LogP contribution in [-0.4, -0.2) is 39.7 Å². The van der Waals surface area contributed by atoms with Gasteiger partial charge in [-0.1, -0.05) is 40.8 Å². The van der Waals surface area contributed by atoms with E-state index in [1.54, 1.807) is 23.1 Å². The summed E-state index contributed by atoms with van der Waals surface area (Å²) in [5.74, 6) is -0.269. The normalized spacial score (nSPS) is 22.0. The van der Waals surface area contributed by atoms with Crippen molar-refractivity contribution >= 4 is 28.7 Å². The Kier molecular flexibility index (Phi) is 5.65. The number of hydrogen-bond acceptors (Lipinski definition) is 3. The Morgan fingerprint density at radius 1 is 1.36 bits per heavy atom. The highest BCUT2D eigenvalue weighted by Gasteiger charge is 2.36. The lowest BCUT2D eigenvalue weighted by atomic mass is 10.2. The van der Waals surface area contributed by atoms with Crippen molar-refractivity contribution in [1.29, 1.82) is 0 Å². The van der Waals surface area contributed by atoms with E-state index in [9.17, 15) is 9.18 Å². The Labute approximate surface area is 144 Å². The molecule has 0 bridgehead atoms. The summed E-state index contributed by atoms with van der Waals surface area (Å²) in [5, 5.41) is 0. The third-order valence-electron chi connectivity index (χ3n) is 3.26. The number of amides is 1. The molecule has 0 aromatic heterocycles. The van der Waals surface area contributed by atoms with E-state index in [2.05, 4.69) is 22.6 Å². The molecule has 2 unspecified atom stereocenters. The molecule has 122 valence electrons. The van der Waals surface area contributed by atoms with Gasteiger partial charge in [0.25, 0.3) is 0 Å². The van der Waals surface area contributed by atoms with Gasteiger partial charge in [0.15, 0.2) is 0 Å². The summed E-state index contributed by atoms with van der Waals surface area (Å²) in [7, 11) is 0. The van der Waals surface area contributed by atoms with Gasteiger partial charge in [-0.15, -0.1) is 0 Å². The lowest BCUT2D eigenvalue weighted by molar-refractivity contribution is 0.0186. The van der Waals surface area contributed by atoms with Crippen LogP contribution in [0.1, 0.15) is 26.3 Å². The minimum absolute atomic E-state index is 0.118. The average molecular weight is 421 g/mol. The molecule has 1 heterocycles. The maximum Gasteiger partial charge on any atom is 0.410 e. The topological polar surface area (TPSA) is 38.8 Å². The van der Waals surface area contributed by atoms with Crippen LogP contribution >= 0.6 is 22.6 Å². The van der Waals surface area contributed by atoms with Crippen LogP contribution in [0.5, 0.6) is 0 Å². The van der Waals surface area contributed by atoms with E-state index in [1.165, 1.54) is 6.07 Å². The number of alkyl halides is 1. The zero-order chi connectivity index (χ0) is 16.3. The standard InChI is InChI=1S/C16H21FINO3/c1-16(2,3)22-15(20)19-8-13(18)14(9-19)21-10-11-6-4-5-7-12(11)17/h4-7,13-14H,8-10H2,1-3H3. The highest BCUT2D eigenvalue weighted by molar-refractivity contribution is 14.1. The molecule has 2 rings (SSSR count). The Bertz CT molecular complexity index is 532. The number of benzene rings is 1. The molecular weight excluding hydrogens is 400 g/mol. The van der Waals surface area contributed by atoms with Crippen LogP contribution in [0.4, 0.5) is 9.18 Å². The van der Waals surface area contributed by atoms with Crippen LogP contribution in [0.15, 0.2) is 24.3 Å². The predicted molar refractivity (Wildman–Crippen MR) is 90.6 cm³/mol. The summed E-state index contributed by atoms with van der Waals surface area (Å²) in [6, 6.07) is 6.56. The van der Waals surface area contributed by atoms with Crippen LogP contribution in [0.3, 0.4) is 0 Å². The highest BCUT2D eigenvalue weighted by Crippen LogP contribution is 2.24. The first kappa shape index (κ1) is 17.5. The molecular formula is C16H21FINO3. The number of nitrogens with zero attached hydrogens (tertiary/aromatic N) is 1. The van der Waals surface area contributed by atoms with Gasteiger partial charge in [0.05, 0.1) is 23.2 Å². The number of ether oxygens (including phenoxy) is 2. The lowest BCUT2D eigenvalue weighted by Crippen LogP contribution is -2.36. The van der Waals surface area contributed by atoms with Crippen LogP contribution in [-0.2, 0) is 16.1 Å². The summed E-state index contributed by atoms with van der Waals surface area (Å²) in [5.41, 5.74) is 0.0195. The summed E-state index contributed by atoms with van der Waals surface area (Å²) < 4.78 is 24.9. The van der Waals surface area contributed by atoms with E-state index in [4.69, 9.17) is 9.47 Å². The summed E-state index contributed by atoms with van der Waals surface area (Å²) >= 11 is 2.26. The van der Waals surface area contributed by atoms with Crippen LogP contribution < -0.4 is 0 Å². The minimum atomic E-state index is -0.510. The first-order valence-corrected chi connectivity index (χ1v) is 8.48. The van der Waals surface area contributed by atoms with E-state index in [0.29, 0.717) is 18.7 Å². The second kappa shape index (κ2) is 7.12. The molecule has 0 aliphatic carbocycles. The van der Waals surface area contributed by atoms with Gasteiger partial charge in [-0.05, 0) is 26.8 Å². The van der Waals surface area contributed by atoms with E-state index in [0.717, 1.165) is 0 Å². The number of halogens is 2. The summed E-state index contributed by atoms with van der Waals surface area (Å²) in [6.07, 6.45) is -0.445. The average Bonchev–Trinajstić information content (AvgIpc) is 2.78. The molecule has 1 aliphatic heterocycles. The maximum absolute atomic E-state index is 13.6. The lowest BCUT2D eigenvalue weighted by Gasteiger charge is -2.24. The fourth-order valence-electron chi connectivity index (χ4n) is 2.18. The Balaban J connectivity index is 1.89. The minimum Gasteiger partial charge on any atom is -0.444 e. The second-order valence-electron chi connectivity index (χ2n) is 6.34. The largest absolute Gasteiger partial charge is 0.444 e. The molecule has 4 nitrogen and oxygen atoms in total. The Morgan fingerprint density at radius 2 is 2.05 bits per heavy atom. The SMILES string of the molecule is CC(C)(C)OC(=O)N1CC(I)C(OCc2ccccc2F)C1. The van der Waals surface area contributed by atoms with Crippen molar-refractivity contribution in [2.75, 3.05) is 13.1 Å². The van der Waals surface area contributed by atoms with Gasteiger partial charge in [0.2, 0.25) is 0 Å². The molecule has 0 saturated carbocycles. The number of rotatable bonds is 3. The summed E-state index contributed by atoms with van der Waals surface area (Å²) in [6.45, 7) is 6.78. The molecule has 1 fully saturated rings. The van der Waals surface area contributed by atoms with Gasteiger partial charge < -0.3 is 14.4 Å². The molecule has 1 aliphatic rings. The van der Waals surface area contributed by atoms with Crippen LogP contribution in [0, 0.1) is 5.82 Å². The molecule has 0 radical (unpaired) electrons. The van der Waals surface area contributed by atoms with Gasteiger partial charge in [-0.25, -0.2) is 9.18 Å². The first-order chi connectivity index (χ1) is 10.3. The zero-order valence-corrected chi connectivity index (χ0v) is 15.2. The van der Waals surface area contributed by atoms with Crippen LogP contribution in [0.2, 0.25) is 0 Å². The van der Waals surface area contributed by atoms with Crippen molar-refractivity contribution in [3.63, 3.8) is 0 Å². The molecule has 6 heteroatoms. The molecule has 1 aromatic carbocycles. The third kappa shape index (κ3) is 4.81. The number of likely N-dealkylation sites (tertiary alicyclic amines) is 1. The first-order valence-electron chi connectivity index (χ1n) is 7.23. The number of hydrogen-bond donors (Lipinski definition) is 0. The predicted octanol–water partition coefficient (Wildman–Crippen LogP) is 3.77. The quantitative estimate of drug-likeness (QED) is 0.551. The van der Waals surface area contributed by atoms with Crippen molar-refractivity contribution < 1.29 is 18.7 Å². The Hall–Kier alpha value is -0.890. The Morgan fingerprint density at radius 3 is 2.68 bits per heavy atom. The second-order valence-corrected chi connectivity index (χ2v) is 7.94. The van der Waals surface area contributed by atoms with Crippen molar-refractivity contribution in [2.45, 2.75) is 43.0 Å². The van der Waals surface area contributed by atoms with Gasteiger partial charge in [0.1, 0.15) is 11.4 Å². The molecule has 1 saturated heterocycles. The maximum atomic E-state index is 13.6. The number of carbonyl (C=O) groups is 1. The van der Waals surface area contributed by atoms with Gasteiger partial charge >= 0.3 is 6.09 Å². The van der Waals surface area contributed by atoms with Gasteiger partial charge in [-0.2, -0.15) is 0 Å². The van der Waals surface area contributed by atoms with E-state index in [-0.39, 0.29) is 28.5 Å². The van der Waals surface area contributed by atoms with E-state index >= 15 is 0 Å². The van der Waals surface area contributed by atoms with Crippen molar-refractivity contribution in [2.24, 2.45) is 0 Å². The third-order valence-corrected chi connectivity index (χ3v) is 4.46. The monoisotopic (exact) mass is 421 g/mol. The smallest absolute Gasteiger partial charge is 0.410 e. The van der Waals surface area contributed by atoms with Crippen molar-refractivity contribution in [3.05, 3.63) is 35.6 Å². The molecule has 1 aromatic rings. The van der Waals surface area contributed by atoms with E-state index < -0.39 is 5.60 Å². The molecule has 2 atom stereocenters. The van der Waals surface area contributed by atoms with Gasteiger partial charge in [0, 0.05) is 12.1 Å². The fourth-order valence-corrected chi connectivity index (χ4v) is 3.09. The van der Waals surface area contributed by atoms with Gasteiger partial charge in [-0.3, -0.25) is 0 Å². The fraction of sp³-hybridized carbons (Fsp3) is 0.562. The zero-order valence-electron chi connectivity index (χ0n) is 13.0. The highest BCUT2D eigenvalue weighted by atomic mass is 127. The molecule has 1 amide bonds. The number of carbonyl (C=O) groups excluding carboxylic acids is 1. The molecule has 0 N–H and O–H groups in total. The van der Waals surface area contributed by atoms with Crippen LogP contribution in [0.25, 0.3) is 0 Å². The molecule has 22 heavy (non-hydrogen) atoms. The molecule has 0 spiro atoms. The van der Waals surface area contributed by atoms with E-state index in [1.807, 2.05) is 20.8 Å². The van der Waals surface area contributed by atoms with Crippen molar-refractivity contribution in [3.8, 4) is 0 Å². The van der Waals surface area contributed by atoms with Crippen molar-refractivity contribution in [1.82, 2.24) is 4.90 Å². The summed E-state index contributed by atoms with van der Waals surface area (Å²) in [4.78, 5) is 13.7.